The third-order valence-corrected chi connectivity index (χ3v) is 3.03. The van der Waals surface area contributed by atoms with Gasteiger partial charge in [-0.05, 0) is 31.2 Å². The van der Waals surface area contributed by atoms with E-state index in [9.17, 15) is 18.8 Å². The molecule has 0 saturated carbocycles. The summed E-state index contributed by atoms with van der Waals surface area (Å²) >= 11 is 0. The molecule has 0 spiro atoms. The molecule has 1 fully saturated rings. The Labute approximate surface area is 120 Å². The first-order valence-electron chi connectivity index (χ1n) is 6.54. The van der Waals surface area contributed by atoms with Gasteiger partial charge < -0.3 is 4.74 Å². The Morgan fingerprint density at radius 1 is 1.38 bits per heavy atom. The van der Waals surface area contributed by atoms with Crippen molar-refractivity contribution in [1.82, 2.24) is 5.32 Å². The molecule has 6 nitrogen and oxygen atoms in total. The first kappa shape index (κ1) is 15.1. The van der Waals surface area contributed by atoms with E-state index in [0.717, 1.165) is 4.90 Å². The lowest BCUT2D eigenvalue weighted by molar-refractivity contribution is -0.142. The molecule has 0 bridgehead atoms. The van der Waals surface area contributed by atoms with Crippen LogP contribution in [0.4, 0.5) is 10.1 Å². The van der Waals surface area contributed by atoms with Crippen LogP contribution >= 0.6 is 0 Å². The summed E-state index contributed by atoms with van der Waals surface area (Å²) < 4.78 is 17.6. The Kier molecular flexibility index (Phi) is 4.64. The lowest BCUT2D eigenvalue weighted by Crippen LogP contribution is -2.41. The Morgan fingerprint density at radius 2 is 2.05 bits per heavy atom. The fourth-order valence-electron chi connectivity index (χ4n) is 2.07. The molecule has 0 aliphatic carbocycles. The van der Waals surface area contributed by atoms with Crippen LogP contribution in [0.1, 0.15) is 13.3 Å². The molecule has 0 radical (unpaired) electrons. The minimum atomic E-state index is -0.771. The van der Waals surface area contributed by atoms with Gasteiger partial charge in [-0.3, -0.25) is 19.7 Å². The SMILES string of the molecule is CCOC(=O)CN[C@H]1CC(=O)N(c2ccc(F)cc2)C1=O. The number of anilines is 1. The highest BCUT2D eigenvalue weighted by atomic mass is 19.1. The Bertz CT molecular complexity index is 559. The summed E-state index contributed by atoms with van der Waals surface area (Å²) in [7, 11) is 0. The van der Waals surface area contributed by atoms with Crippen molar-refractivity contribution >= 4 is 23.5 Å². The summed E-state index contributed by atoms with van der Waals surface area (Å²) in [5.41, 5.74) is 0.312. The Balaban J connectivity index is 2.03. The maximum atomic E-state index is 12.9. The summed E-state index contributed by atoms with van der Waals surface area (Å²) in [6.07, 6.45) is -0.0460. The molecule has 1 aliphatic heterocycles. The van der Waals surface area contributed by atoms with E-state index in [2.05, 4.69) is 5.32 Å². The van der Waals surface area contributed by atoms with Gasteiger partial charge in [-0.25, -0.2) is 9.29 Å². The lowest BCUT2D eigenvalue weighted by atomic mass is 10.2. The largest absolute Gasteiger partial charge is 0.465 e. The summed E-state index contributed by atoms with van der Waals surface area (Å²) in [4.78, 5) is 36.3. The molecule has 1 atom stereocenters. The number of ether oxygens (including phenoxy) is 1. The second kappa shape index (κ2) is 6.45. The van der Waals surface area contributed by atoms with Crippen molar-refractivity contribution < 1.29 is 23.5 Å². The fraction of sp³-hybridized carbons (Fsp3) is 0.357. The van der Waals surface area contributed by atoms with Gasteiger partial charge in [-0.1, -0.05) is 0 Å². The number of rotatable bonds is 5. The van der Waals surface area contributed by atoms with E-state index >= 15 is 0 Å². The highest BCUT2D eigenvalue weighted by Crippen LogP contribution is 2.22. The lowest BCUT2D eigenvalue weighted by Gasteiger charge is -2.15. The summed E-state index contributed by atoms with van der Waals surface area (Å²) in [6.45, 7) is 1.78. The molecular weight excluding hydrogens is 279 g/mol. The number of nitrogens with zero attached hydrogens (tertiary/aromatic N) is 1. The average molecular weight is 294 g/mol. The van der Waals surface area contributed by atoms with E-state index in [4.69, 9.17) is 4.74 Å². The molecule has 7 heteroatoms. The van der Waals surface area contributed by atoms with Crippen LogP contribution in [0.15, 0.2) is 24.3 Å². The van der Waals surface area contributed by atoms with Crippen molar-refractivity contribution in [1.29, 1.82) is 0 Å². The van der Waals surface area contributed by atoms with Crippen LogP contribution in [0.5, 0.6) is 0 Å². The molecule has 1 aromatic carbocycles. The smallest absolute Gasteiger partial charge is 0.319 e. The molecular formula is C14H15FN2O4. The van der Waals surface area contributed by atoms with Crippen molar-refractivity contribution in [3.8, 4) is 0 Å². The molecule has 1 heterocycles. The number of imide groups is 1. The van der Waals surface area contributed by atoms with Crippen LogP contribution in [-0.4, -0.2) is 37.0 Å². The van der Waals surface area contributed by atoms with Gasteiger partial charge in [0.25, 0.3) is 5.91 Å². The van der Waals surface area contributed by atoms with E-state index in [-0.39, 0.29) is 19.6 Å². The molecule has 1 N–H and O–H groups in total. The Morgan fingerprint density at radius 3 is 2.67 bits per heavy atom. The number of nitrogens with one attached hydrogen (secondary N) is 1. The highest BCUT2D eigenvalue weighted by Gasteiger charge is 2.39. The molecule has 2 amide bonds. The fourth-order valence-corrected chi connectivity index (χ4v) is 2.07. The summed E-state index contributed by atoms with van der Waals surface area (Å²) in [6, 6.07) is 4.30. The van der Waals surface area contributed by atoms with Crippen LogP contribution in [0.2, 0.25) is 0 Å². The van der Waals surface area contributed by atoms with Crippen LogP contribution < -0.4 is 10.2 Å². The third kappa shape index (κ3) is 3.43. The van der Waals surface area contributed by atoms with Gasteiger partial charge in [-0.15, -0.1) is 0 Å². The molecule has 1 saturated heterocycles. The van der Waals surface area contributed by atoms with E-state index in [1.54, 1.807) is 6.92 Å². The van der Waals surface area contributed by atoms with Crippen LogP contribution in [0.3, 0.4) is 0 Å². The van der Waals surface area contributed by atoms with Crippen LogP contribution in [0, 0.1) is 5.82 Å². The van der Waals surface area contributed by atoms with E-state index in [1.807, 2.05) is 0 Å². The average Bonchev–Trinajstić information content (AvgIpc) is 2.73. The van der Waals surface area contributed by atoms with Crippen molar-refractivity contribution in [2.24, 2.45) is 0 Å². The van der Waals surface area contributed by atoms with Crippen LogP contribution in [0.25, 0.3) is 0 Å². The zero-order chi connectivity index (χ0) is 15.4. The summed E-state index contributed by atoms with van der Waals surface area (Å²) in [5.74, 6) is -1.79. The predicted octanol–water partition coefficient (Wildman–Crippen LogP) is 0.610. The molecule has 0 unspecified atom stereocenters. The quantitative estimate of drug-likeness (QED) is 0.636. The number of benzene rings is 1. The zero-order valence-electron chi connectivity index (χ0n) is 11.5. The van der Waals surface area contributed by atoms with E-state index in [0.29, 0.717) is 5.69 Å². The number of hydrogen-bond acceptors (Lipinski definition) is 5. The van der Waals surface area contributed by atoms with Gasteiger partial charge in [0.05, 0.1) is 31.3 Å². The standard InChI is InChI=1S/C14H15FN2O4/c1-2-21-13(19)8-16-11-7-12(18)17(14(11)20)10-5-3-9(15)4-6-10/h3-6,11,16H,2,7-8H2,1H3/t11-/m0/s1. The zero-order valence-corrected chi connectivity index (χ0v) is 11.5. The van der Waals surface area contributed by atoms with Gasteiger partial charge in [0.2, 0.25) is 5.91 Å². The number of carbonyl (C=O) groups is 3. The summed E-state index contributed by atoms with van der Waals surface area (Å²) in [5, 5.41) is 2.70. The second-order valence-corrected chi connectivity index (χ2v) is 4.49. The van der Waals surface area contributed by atoms with Crippen molar-refractivity contribution in [3.63, 3.8) is 0 Å². The number of esters is 1. The minimum Gasteiger partial charge on any atom is -0.465 e. The molecule has 1 aromatic rings. The molecule has 112 valence electrons. The number of carbonyl (C=O) groups excluding carboxylic acids is 3. The van der Waals surface area contributed by atoms with Crippen LogP contribution in [-0.2, 0) is 19.1 Å². The first-order valence-corrected chi connectivity index (χ1v) is 6.54. The normalized spacial score (nSPS) is 18.2. The topological polar surface area (TPSA) is 75.7 Å². The van der Waals surface area contributed by atoms with Crippen molar-refractivity contribution in [2.75, 3.05) is 18.1 Å². The predicted molar refractivity (Wildman–Crippen MR) is 71.9 cm³/mol. The minimum absolute atomic E-state index is 0.0460. The van der Waals surface area contributed by atoms with Crippen molar-refractivity contribution in [2.45, 2.75) is 19.4 Å². The monoisotopic (exact) mass is 294 g/mol. The van der Waals surface area contributed by atoms with E-state index < -0.39 is 29.6 Å². The van der Waals surface area contributed by atoms with Gasteiger partial charge in [0, 0.05) is 0 Å². The number of halogens is 1. The van der Waals surface area contributed by atoms with E-state index in [1.165, 1.54) is 24.3 Å². The molecule has 2 rings (SSSR count). The maximum Gasteiger partial charge on any atom is 0.319 e. The number of hydrogen-bond donors (Lipinski definition) is 1. The van der Waals surface area contributed by atoms with Gasteiger partial charge in [0.15, 0.2) is 0 Å². The van der Waals surface area contributed by atoms with Crippen molar-refractivity contribution in [3.05, 3.63) is 30.1 Å². The first-order chi connectivity index (χ1) is 10.0. The van der Waals surface area contributed by atoms with Gasteiger partial charge in [-0.2, -0.15) is 0 Å². The maximum absolute atomic E-state index is 12.9. The second-order valence-electron chi connectivity index (χ2n) is 4.49. The molecule has 21 heavy (non-hydrogen) atoms. The van der Waals surface area contributed by atoms with Gasteiger partial charge >= 0.3 is 5.97 Å². The highest BCUT2D eigenvalue weighted by molar-refractivity contribution is 6.22. The van der Waals surface area contributed by atoms with Gasteiger partial charge in [0.1, 0.15) is 5.82 Å². The Hall–Kier alpha value is -2.28. The molecule has 0 aromatic heterocycles. The third-order valence-electron chi connectivity index (χ3n) is 3.03. The molecule has 1 aliphatic rings. The number of amides is 2.